The van der Waals surface area contributed by atoms with Crippen LogP contribution in [0, 0.1) is 0 Å². The summed E-state index contributed by atoms with van der Waals surface area (Å²) < 4.78 is 0. The lowest BCUT2D eigenvalue weighted by Crippen LogP contribution is -1.06. The molecule has 0 aliphatic carbocycles. The highest BCUT2D eigenvalue weighted by Gasteiger charge is 2.01. The fourth-order valence-electron chi connectivity index (χ4n) is 0.0631. The summed E-state index contributed by atoms with van der Waals surface area (Å²) in [5, 5.41) is 0. The first-order valence-electron chi connectivity index (χ1n) is 0.932. The number of hydrogen-bond donors (Lipinski definition) is 1. The van der Waals surface area contributed by atoms with Crippen LogP contribution in [0.4, 0.5) is 0 Å². The third-order valence-corrected chi connectivity index (χ3v) is 16.5. The minimum Gasteiger partial charge on any atom is 0.0359 e. The van der Waals surface area contributed by atoms with Crippen LogP contribution in [0.5, 0.6) is 0 Å². The van der Waals surface area contributed by atoms with E-state index in [1.807, 2.05) is 19.9 Å². The Balaban J connectivity index is 2.83. The Morgan fingerprint density at radius 3 is 2.20 bits per heavy atom. The second-order valence-corrected chi connectivity index (χ2v) is 13.1. The Hall–Kier alpha value is 1.39. The molecular formula is HP2S3+. The van der Waals surface area contributed by atoms with E-state index in [2.05, 4.69) is 12.2 Å². The van der Waals surface area contributed by atoms with Crippen molar-refractivity contribution < 1.29 is 0 Å². The summed E-state index contributed by atoms with van der Waals surface area (Å²) in [7, 11) is 5.27. The average Bonchev–Trinajstić information content (AvgIpc) is 1.30. The van der Waals surface area contributed by atoms with Crippen LogP contribution in [-0.4, -0.2) is 0 Å². The molecule has 1 unspecified atom stereocenters. The quantitative estimate of drug-likeness (QED) is 0.435. The molecule has 0 aliphatic heterocycles. The third kappa shape index (κ3) is 1.13. The summed E-state index contributed by atoms with van der Waals surface area (Å²) >= 11 is 4.18. The predicted octanol–water partition coefficient (Wildman–Crippen LogP) is 3.35. The molecule has 0 amide bonds. The lowest BCUT2D eigenvalue weighted by molar-refractivity contribution is 5.07. The largest absolute Gasteiger partial charge is 0.305 e. The number of thiol groups is 1. The monoisotopic (exact) mass is 159 g/mol. The van der Waals surface area contributed by atoms with Crippen molar-refractivity contribution in [3.8, 4) is 0 Å². The Bertz CT molecular complexity index is 87.1. The van der Waals surface area contributed by atoms with Crippen molar-refractivity contribution in [2.45, 2.75) is 0 Å². The van der Waals surface area contributed by atoms with Gasteiger partial charge in [0.2, 0.25) is 0 Å². The fraction of sp³-hybridized carbons (Fsp3) is 0. The number of hydrogen-bond acceptors (Lipinski definition) is 3. The first-order chi connectivity index (χ1) is 2.39. The Kier molecular flexibility index (Phi) is 1.73. The summed E-state index contributed by atoms with van der Waals surface area (Å²) in [4.78, 5) is 0. The van der Waals surface area contributed by atoms with Gasteiger partial charge in [0.25, 0.3) is 7.05 Å². The minimum atomic E-state index is 0.129. The van der Waals surface area contributed by atoms with Gasteiger partial charge in [0, 0.05) is 9.95 Å². The summed E-state index contributed by atoms with van der Waals surface area (Å²) in [5.41, 5.74) is 0.129. The van der Waals surface area contributed by atoms with E-state index in [9.17, 15) is 0 Å². The molecule has 0 aliphatic rings. The van der Waals surface area contributed by atoms with Crippen molar-refractivity contribution in [3.63, 3.8) is 0 Å². The Morgan fingerprint density at radius 1 is 1.80 bits per heavy atom. The van der Waals surface area contributed by atoms with E-state index < -0.39 is 0 Å². The second kappa shape index (κ2) is 1.90. The van der Waals surface area contributed by atoms with Crippen LogP contribution < -0.4 is 0 Å². The molecule has 0 radical (unpaired) electrons. The highest BCUT2D eigenvalue weighted by atomic mass is 33.4. The van der Waals surface area contributed by atoms with Crippen LogP contribution in [0.2, 0.25) is 0 Å². The molecule has 0 fully saturated rings. The van der Waals surface area contributed by atoms with Crippen LogP contribution in [-0.2, 0) is 0 Å². The van der Waals surface area contributed by atoms with Crippen LogP contribution in [0.3, 0.4) is 0 Å². The second-order valence-electron chi connectivity index (χ2n) is 0.483. The maximum atomic E-state index is 4.18. The maximum absolute atomic E-state index is 4.18. The molecule has 5 heteroatoms. The van der Waals surface area contributed by atoms with E-state index >= 15 is 0 Å². The molecule has 1 aromatic rings. The average molecular weight is 159 g/mol. The Labute approximate surface area is 44.9 Å². The zero-order chi connectivity index (χ0) is 3.70. The topological polar surface area (TPSA) is 0 Å². The smallest absolute Gasteiger partial charge is 0.0359 e. The van der Waals surface area contributed by atoms with Gasteiger partial charge in [0.15, 0.2) is 0 Å². The van der Waals surface area contributed by atoms with Crippen LogP contribution in [0.25, 0.3) is 0 Å². The number of rotatable bonds is 0. The van der Waals surface area contributed by atoms with Crippen LogP contribution in [0.1, 0.15) is 0 Å². The van der Waals surface area contributed by atoms with Crippen molar-refractivity contribution in [1.82, 2.24) is 0 Å². The van der Waals surface area contributed by atoms with E-state index in [1.54, 1.807) is 0 Å². The first-order valence-corrected chi connectivity index (χ1v) is 8.39. The first kappa shape index (κ1) is 4.55. The van der Waals surface area contributed by atoms with Gasteiger partial charge in [-0.1, -0.05) is 0 Å². The van der Waals surface area contributed by atoms with Crippen molar-refractivity contribution in [3.05, 3.63) is 0 Å². The van der Waals surface area contributed by atoms with Crippen molar-refractivity contribution in [2.75, 3.05) is 0 Å². The molecule has 0 nitrogen and oxygen atoms in total. The van der Waals surface area contributed by atoms with Gasteiger partial charge >= 0.3 is 5.59 Å². The molecule has 28 valence electrons. The van der Waals surface area contributed by atoms with E-state index in [1.165, 1.54) is 7.05 Å². The lowest BCUT2D eigenvalue weighted by atomic mass is 29.5. The van der Waals surface area contributed by atoms with Crippen molar-refractivity contribution in [1.29, 1.82) is 0 Å². The van der Waals surface area contributed by atoms with Gasteiger partial charge in [-0.25, -0.2) is 0 Å². The van der Waals surface area contributed by atoms with Gasteiger partial charge in [-0.05, 0) is 0 Å². The molecule has 5 heavy (non-hydrogen) atoms. The standard InChI is InChI=1S/HP2S3/c3-2-1-4-5-2/h3H/q+1. The highest BCUT2D eigenvalue weighted by molar-refractivity contribution is 8.78. The summed E-state index contributed by atoms with van der Waals surface area (Å²) in [5.74, 6) is 0. The van der Waals surface area contributed by atoms with Gasteiger partial charge in [-0.15, -0.1) is 0 Å². The van der Waals surface area contributed by atoms with E-state index in [0.29, 0.717) is 0 Å². The SMILES string of the molecule is S[p+]1pss1. The van der Waals surface area contributed by atoms with E-state index in [4.69, 9.17) is 0 Å². The summed E-state index contributed by atoms with van der Waals surface area (Å²) in [6, 6.07) is 0. The van der Waals surface area contributed by atoms with Gasteiger partial charge in [0.1, 0.15) is 9.95 Å². The predicted molar refractivity (Wildman–Crippen MR) is 36.2 cm³/mol. The van der Waals surface area contributed by atoms with E-state index in [-0.39, 0.29) is 5.59 Å². The molecular weight excluding hydrogens is 158 g/mol. The normalized spacial score (nSPS) is 14.2. The molecule has 1 atom stereocenters. The minimum absolute atomic E-state index is 0.129. The molecule has 1 rings (SSSR count). The zero-order valence-corrected chi connectivity index (χ0v) is 6.47. The Morgan fingerprint density at radius 2 is 2.20 bits per heavy atom. The molecule has 0 saturated heterocycles. The van der Waals surface area contributed by atoms with Crippen molar-refractivity contribution in [2.24, 2.45) is 0 Å². The van der Waals surface area contributed by atoms with Gasteiger partial charge in [-0.2, -0.15) is 0 Å². The van der Waals surface area contributed by atoms with Gasteiger partial charge in [0.05, 0.1) is 12.2 Å². The molecule has 0 bridgehead atoms. The van der Waals surface area contributed by atoms with Crippen molar-refractivity contribution >= 4 is 44.8 Å². The van der Waals surface area contributed by atoms with E-state index in [0.717, 1.165) is 0 Å². The molecule has 0 saturated carbocycles. The maximum Gasteiger partial charge on any atom is 0.305 e. The van der Waals surface area contributed by atoms with Gasteiger partial charge < -0.3 is 0 Å². The summed E-state index contributed by atoms with van der Waals surface area (Å²) in [6.07, 6.45) is 0. The van der Waals surface area contributed by atoms with Crippen LogP contribution >= 0.6 is 44.8 Å². The highest BCUT2D eigenvalue weighted by Crippen LogP contribution is 2.57. The molecule has 0 aromatic carbocycles. The molecule has 0 spiro atoms. The molecule has 0 N–H and O–H groups in total. The molecule has 1 heterocycles. The summed E-state index contributed by atoms with van der Waals surface area (Å²) in [6.45, 7) is 0. The fourth-order valence-corrected chi connectivity index (χ4v) is 9.94. The molecule has 1 aromatic heterocycles. The van der Waals surface area contributed by atoms with Gasteiger partial charge in [-0.3, -0.25) is 0 Å². The zero-order valence-electron chi connectivity index (χ0n) is 2.16. The van der Waals surface area contributed by atoms with Crippen LogP contribution in [0.15, 0.2) is 0 Å². The third-order valence-electron chi connectivity index (χ3n) is 0.203. The lowest BCUT2D eigenvalue weighted by Gasteiger charge is -1.61.